The molecule has 2 aromatic carbocycles. The zero-order valence-electron chi connectivity index (χ0n) is 24.1. The molecule has 0 amide bonds. The second-order valence-electron chi connectivity index (χ2n) is 10.0. The van der Waals surface area contributed by atoms with Crippen LogP contribution in [0.3, 0.4) is 0 Å². The molecule has 2 aromatic heterocycles. The molecule has 3 heterocycles. The SMILES string of the molecule is COc1ccc(-n2c(C)cc([C@H]3[C@@H](c4ccccn4)NC(=S)N3c3ccc(OC)c(NS(C)(=O)=O)c3)c2C)c([N+](=O)[O-])c1. The lowest BCUT2D eigenvalue weighted by molar-refractivity contribution is -0.384. The average molecular weight is 623 g/mol. The maximum atomic E-state index is 12.1. The predicted octanol–water partition coefficient (Wildman–Crippen LogP) is 4.96. The Morgan fingerprint density at radius 1 is 1.07 bits per heavy atom. The van der Waals surface area contributed by atoms with Crippen LogP contribution in [0.2, 0.25) is 0 Å². The van der Waals surface area contributed by atoms with Gasteiger partial charge in [0, 0.05) is 23.3 Å². The van der Waals surface area contributed by atoms with Crippen molar-refractivity contribution in [3.8, 4) is 17.2 Å². The van der Waals surface area contributed by atoms with Crippen molar-refractivity contribution in [2.45, 2.75) is 25.9 Å². The lowest BCUT2D eigenvalue weighted by Crippen LogP contribution is -2.29. The van der Waals surface area contributed by atoms with Gasteiger partial charge >= 0.3 is 0 Å². The molecular formula is C29H30N6O6S2. The molecule has 5 rings (SSSR count). The maximum absolute atomic E-state index is 12.1. The van der Waals surface area contributed by atoms with Gasteiger partial charge in [-0.25, -0.2) is 8.42 Å². The number of aromatic nitrogens is 2. The van der Waals surface area contributed by atoms with Crippen molar-refractivity contribution in [3.63, 3.8) is 0 Å². The Morgan fingerprint density at radius 3 is 2.47 bits per heavy atom. The Hall–Kier alpha value is -4.69. The number of sulfonamides is 1. The average Bonchev–Trinajstić information content (AvgIpc) is 3.46. The summed E-state index contributed by atoms with van der Waals surface area (Å²) in [4.78, 5) is 18.1. The highest BCUT2D eigenvalue weighted by molar-refractivity contribution is 7.92. The lowest BCUT2D eigenvalue weighted by Gasteiger charge is -2.29. The number of nitro benzene ring substituents is 1. The zero-order valence-corrected chi connectivity index (χ0v) is 25.7. The number of rotatable bonds is 9. The van der Waals surface area contributed by atoms with Crippen LogP contribution in [0.1, 0.15) is 34.7 Å². The monoisotopic (exact) mass is 622 g/mol. The molecule has 12 nitrogen and oxygen atoms in total. The molecule has 0 aliphatic carbocycles. The minimum Gasteiger partial charge on any atom is -0.496 e. The predicted molar refractivity (Wildman–Crippen MR) is 168 cm³/mol. The molecule has 1 aliphatic heterocycles. The largest absolute Gasteiger partial charge is 0.496 e. The van der Waals surface area contributed by atoms with Crippen LogP contribution in [-0.2, 0) is 10.0 Å². The lowest BCUT2D eigenvalue weighted by atomic mass is 9.96. The number of nitrogens with one attached hydrogen (secondary N) is 2. The van der Waals surface area contributed by atoms with E-state index in [0.717, 1.165) is 28.9 Å². The van der Waals surface area contributed by atoms with Crippen molar-refractivity contribution in [1.29, 1.82) is 0 Å². The molecule has 0 unspecified atom stereocenters. The Bertz CT molecular complexity index is 1830. The second-order valence-corrected chi connectivity index (χ2v) is 12.2. The molecule has 1 aliphatic rings. The van der Waals surface area contributed by atoms with Crippen LogP contribution >= 0.6 is 12.2 Å². The van der Waals surface area contributed by atoms with Crippen LogP contribution in [0.15, 0.2) is 66.9 Å². The quantitative estimate of drug-likeness (QED) is 0.149. The number of hydrogen-bond acceptors (Lipinski definition) is 8. The molecule has 14 heteroatoms. The van der Waals surface area contributed by atoms with Crippen LogP contribution in [0.5, 0.6) is 11.5 Å². The summed E-state index contributed by atoms with van der Waals surface area (Å²) in [6.07, 6.45) is 2.76. The molecule has 2 atom stereocenters. The van der Waals surface area contributed by atoms with Crippen molar-refractivity contribution >= 4 is 44.4 Å². The summed E-state index contributed by atoms with van der Waals surface area (Å²) in [5, 5.41) is 15.9. The van der Waals surface area contributed by atoms with Crippen molar-refractivity contribution in [1.82, 2.24) is 14.9 Å². The van der Waals surface area contributed by atoms with Crippen LogP contribution in [-0.4, -0.2) is 48.5 Å². The fourth-order valence-electron chi connectivity index (χ4n) is 5.50. The molecule has 0 spiro atoms. The van der Waals surface area contributed by atoms with Crippen LogP contribution in [0, 0.1) is 24.0 Å². The van der Waals surface area contributed by atoms with E-state index in [4.69, 9.17) is 21.7 Å². The van der Waals surface area contributed by atoms with Crippen molar-refractivity contribution in [2.24, 2.45) is 0 Å². The van der Waals surface area contributed by atoms with E-state index in [-0.39, 0.29) is 11.4 Å². The molecule has 224 valence electrons. The smallest absolute Gasteiger partial charge is 0.296 e. The van der Waals surface area contributed by atoms with Gasteiger partial charge in [0.2, 0.25) is 10.0 Å². The summed E-state index contributed by atoms with van der Waals surface area (Å²) in [6.45, 7) is 3.78. The molecule has 43 heavy (non-hydrogen) atoms. The number of nitro groups is 1. The van der Waals surface area contributed by atoms with Gasteiger partial charge in [-0.2, -0.15) is 0 Å². The zero-order chi connectivity index (χ0) is 31.1. The van der Waals surface area contributed by atoms with E-state index in [1.165, 1.54) is 20.3 Å². The Balaban J connectivity index is 1.71. The summed E-state index contributed by atoms with van der Waals surface area (Å²) in [6, 6.07) is 16.6. The fraction of sp³-hybridized carbons (Fsp3) is 0.241. The number of thiocarbonyl (C=S) groups is 1. The maximum Gasteiger partial charge on any atom is 0.296 e. The Morgan fingerprint density at radius 2 is 1.84 bits per heavy atom. The molecule has 0 saturated carbocycles. The minimum atomic E-state index is -3.61. The molecule has 1 fully saturated rings. The highest BCUT2D eigenvalue weighted by Gasteiger charge is 2.42. The van der Waals surface area contributed by atoms with E-state index in [9.17, 15) is 18.5 Å². The van der Waals surface area contributed by atoms with Crippen LogP contribution in [0.4, 0.5) is 17.1 Å². The first-order valence-corrected chi connectivity index (χ1v) is 15.4. The van der Waals surface area contributed by atoms with Gasteiger partial charge in [0.25, 0.3) is 5.69 Å². The normalized spacial score (nSPS) is 16.6. The first kappa shape index (κ1) is 29.8. The summed E-state index contributed by atoms with van der Waals surface area (Å²) in [7, 11) is -0.697. The fourth-order valence-corrected chi connectivity index (χ4v) is 6.40. The Kier molecular flexibility index (Phi) is 7.99. The molecular weight excluding hydrogens is 592 g/mol. The number of benzene rings is 2. The molecule has 1 saturated heterocycles. The van der Waals surface area contributed by atoms with Crippen molar-refractivity contribution in [2.75, 3.05) is 30.1 Å². The minimum absolute atomic E-state index is 0.0995. The van der Waals surface area contributed by atoms with Gasteiger partial charge in [-0.1, -0.05) is 6.07 Å². The summed E-state index contributed by atoms with van der Waals surface area (Å²) in [5.74, 6) is 0.720. The Labute approximate surface area is 254 Å². The van der Waals surface area contributed by atoms with Crippen LogP contribution in [0.25, 0.3) is 5.69 Å². The van der Waals surface area contributed by atoms with Gasteiger partial charge < -0.3 is 24.3 Å². The van der Waals surface area contributed by atoms with Crippen LogP contribution < -0.4 is 24.4 Å². The first-order valence-electron chi connectivity index (χ1n) is 13.1. The van der Waals surface area contributed by atoms with Crippen molar-refractivity contribution < 1.29 is 22.8 Å². The third-order valence-electron chi connectivity index (χ3n) is 7.26. The van der Waals surface area contributed by atoms with Gasteiger partial charge in [0.15, 0.2) is 5.11 Å². The van der Waals surface area contributed by atoms with E-state index in [0.29, 0.717) is 28.0 Å². The van der Waals surface area contributed by atoms with Gasteiger partial charge in [0.1, 0.15) is 17.2 Å². The highest BCUT2D eigenvalue weighted by atomic mass is 32.2. The third kappa shape index (κ3) is 5.70. The molecule has 4 aromatic rings. The molecule has 0 bridgehead atoms. The number of aryl methyl sites for hydroxylation is 1. The van der Waals surface area contributed by atoms with Gasteiger partial charge in [0.05, 0.1) is 54.9 Å². The van der Waals surface area contributed by atoms with Gasteiger partial charge in [-0.15, -0.1) is 0 Å². The number of hydrogen-bond donors (Lipinski definition) is 2. The van der Waals surface area contributed by atoms with E-state index in [1.807, 2.05) is 47.6 Å². The van der Waals surface area contributed by atoms with E-state index < -0.39 is 27.0 Å². The third-order valence-corrected chi connectivity index (χ3v) is 8.17. The molecule has 2 N–H and O–H groups in total. The first-order chi connectivity index (χ1) is 20.4. The number of methoxy groups -OCH3 is 2. The summed E-state index contributed by atoms with van der Waals surface area (Å²) < 4.78 is 39.3. The standard InChI is InChI=1S/C29H30N6O6S2/c1-17-14-21(18(2)33(17)24-11-10-20(40-3)16-25(24)35(36)37)28-27(22-8-6-7-13-30-22)31-29(42)34(28)19-9-12-26(41-4)23(15-19)32-43(5,38)39/h6-16,27-28,32H,1-5H3,(H,31,42)/t27-,28+/m1/s1. The summed E-state index contributed by atoms with van der Waals surface area (Å²) in [5.41, 5.74) is 4.27. The number of ether oxygens (including phenoxy) is 2. The van der Waals surface area contributed by atoms with Gasteiger partial charge in [-0.3, -0.25) is 19.8 Å². The topological polar surface area (TPSA) is 141 Å². The second kappa shape index (κ2) is 11.5. The summed E-state index contributed by atoms with van der Waals surface area (Å²) >= 11 is 5.86. The number of nitrogens with zero attached hydrogens (tertiary/aromatic N) is 4. The van der Waals surface area contributed by atoms with Crippen molar-refractivity contribution in [3.05, 3.63) is 99.6 Å². The molecule has 0 radical (unpaired) electrons. The highest BCUT2D eigenvalue weighted by Crippen LogP contribution is 2.45. The van der Waals surface area contributed by atoms with E-state index in [1.54, 1.807) is 36.5 Å². The number of pyridine rings is 1. The van der Waals surface area contributed by atoms with Gasteiger partial charge in [-0.05, 0) is 80.2 Å². The van der Waals surface area contributed by atoms with E-state index >= 15 is 0 Å². The van der Waals surface area contributed by atoms with E-state index in [2.05, 4.69) is 15.0 Å². The number of anilines is 2.